The van der Waals surface area contributed by atoms with Gasteiger partial charge in [0, 0.05) is 13.2 Å². The second-order valence-electron chi connectivity index (χ2n) is 6.53. The van der Waals surface area contributed by atoms with Crippen LogP contribution in [-0.4, -0.2) is 25.8 Å². The van der Waals surface area contributed by atoms with Crippen molar-refractivity contribution in [3.05, 3.63) is 35.4 Å². The van der Waals surface area contributed by atoms with Gasteiger partial charge in [-0.3, -0.25) is 0 Å². The summed E-state index contributed by atoms with van der Waals surface area (Å²) in [6.45, 7) is 9.76. The molecule has 20 heavy (non-hydrogen) atoms. The number of rotatable bonds is 7. The van der Waals surface area contributed by atoms with Crippen LogP contribution in [0.1, 0.15) is 50.2 Å². The molecule has 0 bridgehead atoms. The van der Waals surface area contributed by atoms with Gasteiger partial charge in [-0.2, -0.15) is 0 Å². The minimum atomic E-state index is 0.460. The summed E-state index contributed by atoms with van der Waals surface area (Å²) in [5.41, 5.74) is 2.78. The highest BCUT2D eigenvalue weighted by atomic mass is 16.5. The maximum Gasteiger partial charge on any atom is 0.0582 e. The fraction of sp³-hybridized carbons (Fsp3) is 0.667. The van der Waals surface area contributed by atoms with Crippen LogP contribution in [0.4, 0.5) is 0 Å². The van der Waals surface area contributed by atoms with E-state index in [2.05, 4.69) is 50.4 Å². The molecule has 0 spiro atoms. The quantitative estimate of drug-likeness (QED) is 0.815. The third kappa shape index (κ3) is 4.92. The molecule has 2 rings (SSSR count). The lowest BCUT2D eigenvalue weighted by Gasteiger charge is -2.22. The Labute approximate surface area is 123 Å². The van der Waals surface area contributed by atoms with Gasteiger partial charge in [-0.1, -0.05) is 43.7 Å². The molecule has 0 aromatic heterocycles. The maximum atomic E-state index is 5.83. The Morgan fingerprint density at radius 1 is 1.20 bits per heavy atom. The lowest BCUT2D eigenvalue weighted by atomic mass is 9.91. The molecule has 1 heterocycles. The van der Waals surface area contributed by atoms with Gasteiger partial charge in [-0.15, -0.1) is 0 Å². The average Bonchev–Trinajstić information content (AvgIpc) is 2.91. The van der Waals surface area contributed by atoms with E-state index in [0.29, 0.717) is 17.9 Å². The lowest BCUT2D eigenvalue weighted by molar-refractivity contribution is 0.0976. The predicted octanol–water partition coefficient (Wildman–Crippen LogP) is 3.89. The molecule has 1 aromatic rings. The molecule has 1 aromatic carbocycles. The topological polar surface area (TPSA) is 21.3 Å². The van der Waals surface area contributed by atoms with Crippen molar-refractivity contribution >= 4 is 0 Å². The van der Waals surface area contributed by atoms with E-state index < -0.39 is 0 Å². The molecular formula is C18H29NO. The second kappa shape index (κ2) is 7.80. The largest absolute Gasteiger partial charge is 0.378 e. The Morgan fingerprint density at radius 3 is 2.55 bits per heavy atom. The SMILES string of the molecule is Cc1ccc(C(CNCC(C)C)CC2CCCO2)cc1. The van der Waals surface area contributed by atoms with E-state index in [1.54, 1.807) is 0 Å². The third-order valence-corrected chi connectivity index (χ3v) is 4.06. The van der Waals surface area contributed by atoms with Crippen LogP contribution in [-0.2, 0) is 4.74 Å². The molecule has 0 amide bonds. The van der Waals surface area contributed by atoms with Gasteiger partial charge in [0.25, 0.3) is 0 Å². The number of hydrogen-bond donors (Lipinski definition) is 1. The van der Waals surface area contributed by atoms with Gasteiger partial charge in [0.2, 0.25) is 0 Å². The molecule has 2 nitrogen and oxygen atoms in total. The van der Waals surface area contributed by atoms with E-state index in [0.717, 1.165) is 26.1 Å². The number of benzene rings is 1. The van der Waals surface area contributed by atoms with Crippen LogP contribution in [0.3, 0.4) is 0 Å². The lowest BCUT2D eigenvalue weighted by Crippen LogP contribution is -2.27. The van der Waals surface area contributed by atoms with Gasteiger partial charge in [-0.25, -0.2) is 0 Å². The van der Waals surface area contributed by atoms with Crippen molar-refractivity contribution in [3.63, 3.8) is 0 Å². The number of ether oxygens (including phenoxy) is 1. The zero-order chi connectivity index (χ0) is 14.4. The highest BCUT2D eigenvalue weighted by Gasteiger charge is 2.21. The third-order valence-electron chi connectivity index (χ3n) is 4.06. The summed E-state index contributed by atoms with van der Waals surface area (Å²) in [6, 6.07) is 9.01. The van der Waals surface area contributed by atoms with Crippen molar-refractivity contribution in [1.82, 2.24) is 5.32 Å². The van der Waals surface area contributed by atoms with Gasteiger partial charge >= 0.3 is 0 Å². The van der Waals surface area contributed by atoms with Crippen LogP contribution < -0.4 is 5.32 Å². The summed E-state index contributed by atoms with van der Waals surface area (Å²) in [7, 11) is 0. The van der Waals surface area contributed by atoms with E-state index in [1.165, 1.54) is 24.0 Å². The summed E-state index contributed by atoms with van der Waals surface area (Å²) >= 11 is 0. The standard InChI is InChI=1S/C18H29NO/c1-14(2)12-19-13-17(11-18-5-4-10-20-18)16-8-6-15(3)7-9-16/h6-9,14,17-19H,4-5,10-13H2,1-3H3. The van der Waals surface area contributed by atoms with E-state index in [-0.39, 0.29) is 0 Å². The van der Waals surface area contributed by atoms with Gasteiger partial charge in [0.05, 0.1) is 6.10 Å². The fourth-order valence-corrected chi connectivity index (χ4v) is 2.87. The Morgan fingerprint density at radius 2 is 1.95 bits per heavy atom. The molecule has 1 fully saturated rings. The van der Waals surface area contributed by atoms with Crippen molar-refractivity contribution in [2.45, 2.75) is 52.1 Å². The summed E-state index contributed by atoms with van der Waals surface area (Å²) < 4.78 is 5.83. The van der Waals surface area contributed by atoms with Crippen LogP contribution in [0.25, 0.3) is 0 Å². The summed E-state index contributed by atoms with van der Waals surface area (Å²) in [5, 5.41) is 3.62. The molecule has 112 valence electrons. The molecule has 1 saturated heterocycles. The Bertz CT molecular complexity index is 379. The number of aryl methyl sites for hydroxylation is 1. The minimum absolute atomic E-state index is 0.460. The summed E-state index contributed by atoms with van der Waals surface area (Å²) in [4.78, 5) is 0. The van der Waals surface area contributed by atoms with E-state index >= 15 is 0 Å². The molecule has 0 radical (unpaired) electrons. The van der Waals surface area contributed by atoms with Crippen molar-refractivity contribution in [3.8, 4) is 0 Å². The molecule has 0 aliphatic carbocycles. The Kier molecular flexibility index (Phi) is 6.06. The van der Waals surface area contributed by atoms with Gasteiger partial charge in [0.15, 0.2) is 0 Å². The molecular weight excluding hydrogens is 246 g/mol. The van der Waals surface area contributed by atoms with E-state index in [1.807, 2.05) is 0 Å². The van der Waals surface area contributed by atoms with Crippen molar-refractivity contribution in [2.24, 2.45) is 5.92 Å². The first-order valence-electron chi connectivity index (χ1n) is 8.04. The highest BCUT2D eigenvalue weighted by molar-refractivity contribution is 5.25. The van der Waals surface area contributed by atoms with E-state index in [9.17, 15) is 0 Å². The monoisotopic (exact) mass is 275 g/mol. The first-order valence-corrected chi connectivity index (χ1v) is 8.04. The highest BCUT2D eigenvalue weighted by Crippen LogP contribution is 2.27. The maximum absolute atomic E-state index is 5.83. The minimum Gasteiger partial charge on any atom is -0.378 e. The fourth-order valence-electron chi connectivity index (χ4n) is 2.87. The van der Waals surface area contributed by atoms with Crippen LogP contribution in [0, 0.1) is 12.8 Å². The second-order valence-corrected chi connectivity index (χ2v) is 6.53. The summed E-state index contributed by atoms with van der Waals surface area (Å²) in [5.74, 6) is 1.27. The molecule has 2 unspecified atom stereocenters. The molecule has 1 aliphatic heterocycles. The summed E-state index contributed by atoms with van der Waals surface area (Å²) in [6.07, 6.45) is 4.06. The molecule has 2 heteroatoms. The molecule has 2 atom stereocenters. The zero-order valence-corrected chi connectivity index (χ0v) is 13.2. The van der Waals surface area contributed by atoms with Crippen LogP contribution in [0.5, 0.6) is 0 Å². The normalized spacial score (nSPS) is 20.5. The zero-order valence-electron chi connectivity index (χ0n) is 13.2. The molecule has 1 N–H and O–H groups in total. The van der Waals surface area contributed by atoms with Crippen LogP contribution in [0.15, 0.2) is 24.3 Å². The Balaban J connectivity index is 1.96. The van der Waals surface area contributed by atoms with E-state index in [4.69, 9.17) is 4.74 Å². The van der Waals surface area contributed by atoms with Gasteiger partial charge in [0.1, 0.15) is 0 Å². The molecule has 1 aliphatic rings. The number of hydrogen-bond acceptors (Lipinski definition) is 2. The van der Waals surface area contributed by atoms with Crippen LogP contribution >= 0.6 is 0 Å². The molecule has 0 saturated carbocycles. The smallest absolute Gasteiger partial charge is 0.0582 e. The first-order chi connectivity index (χ1) is 9.65. The van der Waals surface area contributed by atoms with Crippen molar-refractivity contribution in [2.75, 3.05) is 19.7 Å². The van der Waals surface area contributed by atoms with Gasteiger partial charge in [-0.05, 0) is 50.1 Å². The number of nitrogens with one attached hydrogen (secondary N) is 1. The Hall–Kier alpha value is -0.860. The van der Waals surface area contributed by atoms with Crippen molar-refractivity contribution in [1.29, 1.82) is 0 Å². The van der Waals surface area contributed by atoms with Crippen LogP contribution in [0.2, 0.25) is 0 Å². The van der Waals surface area contributed by atoms with Crippen molar-refractivity contribution < 1.29 is 4.74 Å². The first kappa shape index (κ1) is 15.5. The average molecular weight is 275 g/mol. The van der Waals surface area contributed by atoms with Gasteiger partial charge < -0.3 is 10.1 Å². The predicted molar refractivity (Wildman–Crippen MR) is 85.2 cm³/mol.